The Balaban J connectivity index is 1.83. The van der Waals surface area contributed by atoms with E-state index in [1.807, 2.05) is 0 Å². The predicted octanol–water partition coefficient (Wildman–Crippen LogP) is 7.07. The molecule has 3 atom stereocenters. The molecule has 0 saturated heterocycles. The number of hydrogen-bond donors (Lipinski definition) is 1. The SMILES string of the molecule is C=C(c1ccccc1)[C@@]12CCC(C(=O)CN)C1CC(CCCCCC)=C2c1ccccc1. The van der Waals surface area contributed by atoms with Gasteiger partial charge in [0.25, 0.3) is 0 Å². The first-order valence-corrected chi connectivity index (χ1v) is 12.4. The lowest BCUT2D eigenvalue weighted by atomic mass is 9.65. The topological polar surface area (TPSA) is 43.1 Å². The summed E-state index contributed by atoms with van der Waals surface area (Å²) < 4.78 is 0. The van der Waals surface area contributed by atoms with Gasteiger partial charge in [-0.25, -0.2) is 0 Å². The zero-order valence-corrected chi connectivity index (χ0v) is 19.5. The summed E-state index contributed by atoms with van der Waals surface area (Å²) in [5, 5.41) is 0. The van der Waals surface area contributed by atoms with E-state index in [9.17, 15) is 4.79 Å². The number of Topliss-reactive ketones (excluding diaryl/α,β-unsaturated/α-hetero) is 1. The zero-order chi connectivity index (χ0) is 22.6. The second-order valence-corrected chi connectivity index (χ2v) is 9.60. The van der Waals surface area contributed by atoms with Gasteiger partial charge in [0.2, 0.25) is 0 Å². The maximum absolute atomic E-state index is 12.9. The van der Waals surface area contributed by atoms with E-state index in [1.54, 1.807) is 5.57 Å². The number of carbonyl (C=O) groups is 1. The molecule has 1 fully saturated rings. The van der Waals surface area contributed by atoms with Gasteiger partial charge in [-0.15, -0.1) is 0 Å². The number of unbranched alkanes of at least 4 members (excludes halogenated alkanes) is 3. The van der Waals surface area contributed by atoms with E-state index in [0.29, 0.717) is 0 Å². The lowest BCUT2D eigenvalue weighted by molar-refractivity contribution is -0.122. The second kappa shape index (κ2) is 10.0. The summed E-state index contributed by atoms with van der Waals surface area (Å²) in [5.41, 5.74) is 12.4. The fourth-order valence-electron chi connectivity index (χ4n) is 6.44. The van der Waals surface area contributed by atoms with Crippen molar-refractivity contribution < 1.29 is 4.79 Å². The van der Waals surface area contributed by atoms with Gasteiger partial charge in [-0.1, -0.05) is 99.0 Å². The highest BCUT2D eigenvalue weighted by Gasteiger charge is 2.58. The van der Waals surface area contributed by atoms with E-state index >= 15 is 0 Å². The molecule has 2 nitrogen and oxygen atoms in total. The molecular formula is C30H37NO. The summed E-state index contributed by atoms with van der Waals surface area (Å²) in [7, 11) is 0. The van der Waals surface area contributed by atoms with Crippen LogP contribution in [0, 0.1) is 17.3 Å². The van der Waals surface area contributed by atoms with Crippen LogP contribution in [-0.2, 0) is 4.79 Å². The van der Waals surface area contributed by atoms with Crippen LogP contribution in [0.25, 0.3) is 11.1 Å². The van der Waals surface area contributed by atoms with Crippen LogP contribution in [0.4, 0.5) is 0 Å². The first-order valence-electron chi connectivity index (χ1n) is 12.4. The number of fused-ring (bicyclic) bond motifs is 1. The van der Waals surface area contributed by atoms with E-state index in [1.165, 1.54) is 48.0 Å². The summed E-state index contributed by atoms with van der Waals surface area (Å²) >= 11 is 0. The number of ketones is 1. The van der Waals surface area contributed by atoms with E-state index in [4.69, 9.17) is 12.3 Å². The van der Waals surface area contributed by atoms with Crippen LogP contribution in [0.5, 0.6) is 0 Å². The molecule has 2 N–H and O–H groups in total. The molecule has 0 amide bonds. The second-order valence-electron chi connectivity index (χ2n) is 9.60. The fourth-order valence-corrected chi connectivity index (χ4v) is 6.44. The Morgan fingerprint density at radius 1 is 1.03 bits per heavy atom. The third-order valence-corrected chi connectivity index (χ3v) is 7.90. The van der Waals surface area contributed by atoms with Gasteiger partial charge in [0.15, 0.2) is 0 Å². The first-order chi connectivity index (χ1) is 15.6. The van der Waals surface area contributed by atoms with Crippen LogP contribution in [0.1, 0.15) is 69.4 Å². The van der Waals surface area contributed by atoms with Gasteiger partial charge < -0.3 is 5.73 Å². The third-order valence-electron chi connectivity index (χ3n) is 7.90. The number of rotatable bonds is 10. The molecule has 0 radical (unpaired) electrons. The Morgan fingerprint density at radius 2 is 1.72 bits per heavy atom. The average Bonchev–Trinajstić information content (AvgIpc) is 3.36. The molecule has 4 rings (SSSR count). The molecule has 2 heteroatoms. The highest BCUT2D eigenvalue weighted by atomic mass is 16.1. The van der Waals surface area contributed by atoms with Crippen LogP contribution >= 0.6 is 0 Å². The molecule has 0 aromatic heterocycles. The van der Waals surface area contributed by atoms with E-state index in [2.05, 4.69) is 67.6 Å². The smallest absolute Gasteiger partial charge is 0.149 e. The van der Waals surface area contributed by atoms with Gasteiger partial charge in [0.05, 0.1) is 6.54 Å². The maximum atomic E-state index is 12.9. The molecule has 168 valence electrons. The summed E-state index contributed by atoms with van der Waals surface area (Å²) in [6.07, 6.45) is 9.02. The average molecular weight is 428 g/mol. The molecular weight excluding hydrogens is 390 g/mol. The quantitative estimate of drug-likeness (QED) is 0.412. The van der Waals surface area contributed by atoms with Gasteiger partial charge in [0.1, 0.15) is 5.78 Å². The zero-order valence-electron chi connectivity index (χ0n) is 19.5. The van der Waals surface area contributed by atoms with Gasteiger partial charge in [-0.05, 0) is 60.3 Å². The number of carbonyl (C=O) groups excluding carboxylic acids is 1. The van der Waals surface area contributed by atoms with Gasteiger partial charge in [0, 0.05) is 11.3 Å². The van der Waals surface area contributed by atoms with Crippen molar-refractivity contribution in [2.45, 2.75) is 58.3 Å². The Hall–Kier alpha value is -2.45. The largest absolute Gasteiger partial charge is 0.324 e. The van der Waals surface area contributed by atoms with Crippen molar-refractivity contribution in [2.24, 2.45) is 23.0 Å². The van der Waals surface area contributed by atoms with E-state index < -0.39 is 0 Å². The molecule has 2 unspecified atom stereocenters. The van der Waals surface area contributed by atoms with Crippen LogP contribution < -0.4 is 5.73 Å². The van der Waals surface area contributed by atoms with Crippen molar-refractivity contribution in [3.05, 3.63) is 83.9 Å². The van der Waals surface area contributed by atoms with Gasteiger partial charge >= 0.3 is 0 Å². The van der Waals surface area contributed by atoms with Gasteiger partial charge in [-0.2, -0.15) is 0 Å². The Morgan fingerprint density at radius 3 is 2.38 bits per heavy atom. The molecule has 0 spiro atoms. The summed E-state index contributed by atoms with van der Waals surface area (Å²) in [5.74, 6) is 0.521. The van der Waals surface area contributed by atoms with Crippen LogP contribution in [0.2, 0.25) is 0 Å². The molecule has 0 aliphatic heterocycles. The number of allylic oxidation sites excluding steroid dienone is 3. The molecule has 2 aromatic carbocycles. The Kier molecular flexibility index (Phi) is 7.10. The van der Waals surface area contributed by atoms with E-state index in [0.717, 1.165) is 25.7 Å². The minimum absolute atomic E-state index is 0.0346. The normalized spacial score (nSPS) is 24.6. The van der Waals surface area contributed by atoms with Crippen molar-refractivity contribution in [1.29, 1.82) is 0 Å². The first kappa shape index (κ1) is 22.7. The van der Waals surface area contributed by atoms with Gasteiger partial charge in [-0.3, -0.25) is 4.79 Å². The molecule has 2 aromatic rings. The molecule has 32 heavy (non-hydrogen) atoms. The van der Waals surface area contributed by atoms with Crippen LogP contribution in [0.3, 0.4) is 0 Å². The monoisotopic (exact) mass is 427 g/mol. The van der Waals surface area contributed by atoms with Crippen molar-refractivity contribution in [3.8, 4) is 0 Å². The minimum Gasteiger partial charge on any atom is -0.324 e. The van der Waals surface area contributed by atoms with Crippen molar-refractivity contribution >= 4 is 16.9 Å². The van der Waals surface area contributed by atoms with Crippen molar-refractivity contribution in [1.82, 2.24) is 0 Å². The highest BCUT2D eigenvalue weighted by molar-refractivity contribution is 5.93. The fraction of sp³-hybridized carbons (Fsp3) is 0.433. The lowest BCUT2D eigenvalue weighted by Gasteiger charge is -2.37. The molecule has 0 heterocycles. The standard InChI is InChI=1S/C30H37NO/c1-3-4-5-8-17-25-20-27-26(28(32)21-31)18-19-30(27,22(2)23-13-9-6-10-14-23)29(25)24-15-11-7-12-16-24/h6-7,9-16,26-27H,2-5,8,17-21,31H2,1H3/t26?,27?,30-/m0/s1. The Bertz CT molecular complexity index is 974. The van der Waals surface area contributed by atoms with Crippen LogP contribution in [0.15, 0.2) is 72.8 Å². The van der Waals surface area contributed by atoms with Crippen LogP contribution in [-0.4, -0.2) is 12.3 Å². The number of nitrogens with two attached hydrogens (primary N) is 1. The van der Waals surface area contributed by atoms with Crippen molar-refractivity contribution in [2.75, 3.05) is 6.54 Å². The maximum Gasteiger partial charge on any atom is 0.149 e. The molecule has 2 aliphatic carbocycles. The third kappa shape index (κ3) is 4.01. The summed E-state index contributed by atoms with van der Waals surface area (Å²) in [6, 6.07) is 21.5. The Labute approximate surface area is 193 Å². The number of benzene rings is 2. The molecule has 0 bridgehead atoms. The molecule has 2 aliphatic rings. The predicted molar refractivity (Wildman–Crippen MR) is 135 cm³/mol. The lowest BCUT2D eigenvalue weighted by Crippen LogP contribution is -2.32. The van der Waals surface area contributed by atoms with E-state index in [-0.39, 0.29) is 29.6 Å². The minimum atomic E-state index is -0.182. The molecule has 1 saturated carbocycles. The van der Waals surface area contributed by atoms with Crippen molar-refractivity contribution in [3.63, 3.8) is 0 Å². The number of hydrogen-bond acceptors (Lipinski definition) is 2. The highest BCUT2D eigenvalue weighted by Crippen LogP contribution is 2.67. The summed E-state index contributed by atoms with van der Waals surface area (Å²) in [6.45, 7) is 7.10. The summed E-state index contributed by atoms with van der Waals surface area (Å²) in [4.78, 5) is 12.9.